The summed E-state index contributed by atoms with van der Waals surface area (Å²) >= 11 is 0. The van der Waals surface area contributed by atoms with Crippen LogP contribution in [0.5, 0.6) is 5.75 Å². The van der Waals surface area contributed by atoms with Gasteiger partial charge in [0, 0.05) is 30.8 Å². The number of nitrogens with one attached hydrogen (secondary N) is 1. The second kappa shape index (κ2) is 10.1. The molecule has 0 aromatic heterocycles. The summed E-state index contributed by atoms with van der Waals surface area (Å²) in [6.07, 6.45) is 1.77. The number of rotatable bonds is 6. The van der Waals surface area contributed by atoms with Crippen molar-refractivity contribution in [1.82, 2.24) is 4.90 Å². The summed E-state index contributed by atoms with van der Waals surface area (Å²) in [7, 11) is 0. The number of anilines is 1. The molecule has 2 aliphatic heterocycles. The van der Waals surface area contributed by atoms with Crippen LogP contribution in [-0.4, -0.2) is 42.0 Å². The van der Waals surface area contributed by atoms with Crippen molar-refractivity contribution in [2.45, 2.75) is 38.1 Å². The van der Waals surface area contributed by atoms with Crippen LogP contribution in [0.4, 0.5) is 5.69 Å². The minimum atomic E-state index is -0.563. The molecule has 6 nitrogen and oxygen atoms in total. The maximum atomic E-state index is 13.1. The molecule has 0 spiro atoms. The van der Waals surface area contributed by atoms with Crippen LogP contribution in [0, 0.1) is 0 Å². The number of ether oxygens (including phenoxy) is 2. The molecule has 2 aliphatic rings. The molecule has 174 valence electrons. The molecule has 2 amide bonds. The third kappa shape index (κ3) is 5.13. The number of hydrogen-bond acceptors (Lipinski definition) is 4. The van der Waals surface area contributed by atoms with Crippen molar-refractivity contribution in [2.24, 2.45) is 0 Å². The second-order valence-electron chi connectivity index (χ2n) is 8.78. The number of para-hydroxylation sites is 1. The molecular formula is C28H28N2O4. The van der Waals surface area contributed by atoms with Crippen molar-refractivity contribution in [3.8, 4) is 5.75 Å². The summed E-state index contributed by atoms with van der Waals surface area (Å²) in [6, 6.07) is 24.9. The molecule has 1 unspecified atom stereocenters. The summed E-state index contributed by atoms with van der Waals surface area (Å²) in [5.41, 5.74) is 3.35. The van der Waals surface area contributed by atoms with E-state index in [1.165, 1.54) is 0 Å². The fourth-order valence-corrected chi connectivity index (χ4v) is 4.48. The van der Waals surface area contributed by atoms with Crippen molar-refractivity contribution in [3.63, 3.8) is 0 Å². The smallest absolute Gasteiger partial charge is 0.265 e. The van der Waals surface area contributed by atoms with Gasteiger partial charge in [-0.15, -0.1) is 0 Å². The predicted molar refractivity (Wildman–Crippen MR) is 130 cm³/mol. The number of amides is 2. The molecule has 3 aromatic rings. The number of piperidine rings is 1. The summed E-state index contributed by atoms with van der Waals surface area (Å²) in [5.74, 6) is 0.516. The zero-order valence-corrected chi connectivity index (χ0v) is 19.0. The summed E-state index contributed by atoms with van der Waals surface area (Å²) in [5, 5.41) is 2.90. The lowest BCUT2D eigenvalue weighted by molar-refractivity contribution is -0.122. The number of carbonyl (C=O) groups is 2. The first-order valence-corrected chi connectivity index (χ1v) is 11.8. The molecule has 1 saturated heterocycles. The Bertz CT molecular complexity index is 1130. The Hall–Kier alpha value is -3.64. The standard InChI is InChI=1S/C28H28N2O4/c31-27(26-18-21-9-4-5-12-25(21)34-26)29-23-11-6-10-22(17-23)28(32)30-15-13-24(14-16-30)33-19-20-7-2-1-3-8-20/h1-12,17,24,26H,13-16,18-19H2,(H,29,31). The first-order chi connectivity index (χ1) is 16.7. The van der Waals surface area contributed by atoms with Gasteiger partial charge in [-0.25, -0.2) is 0 Å². The number of benzene rings is 3. The van der Waals surface area contributed by atoms with E-state index in [1.807, 2.05) is 47.4 Å². The van der Waals surface area contributed by atoms with E-state index in [-0.39, 0.29) is 17.9 Å². The number of likely N-dealkylation sites (tertiary alicyclic amines) is 1. The fraction of sp³-hybridized carbons (Fsp3) is 0.286. The van der Waals surface area contributed by atoms with Gasteiger partial charge in [0.05, 0.1) is 12.7 Å². The molecule has 2 heterocycles. The second-order valence-corrected chi connectivity index (χ2v) is 8.78. The van der Waals surface area contributed by atoms with E-state index < -0.39 is 6.10 Å². The van der Waals surface area contributed by atoms with Crippen LogP contribution in [0.1, 0.15) is 34.3 Å². The van der Waals surface area contributed by atoms with Gasteiger partial charge in [0.1, 0.15) is 5.75 Å². The van der Waals surface area contributed by atoms with Crippen LogP contribution in [0.15, 0.2) is 78.9 Å². The minimum Gasteiger partial charge on any atom is -0.480 e. The van der Waals surface area contributed by atoms with Crippen LogP contribution < -0.4 is 10.1 Å². The quantitative estimate of drug-likeness (QED) is 0.595. The molecule has 1 N–H and O–H groups in total. The van der Waals surface area contributed by atoms with Gasteiger partial charge in [0.2, 0.25) is 0 Å². The molecular weight excluding hydrogens is 428 g/mol. The van der Waals surface area contributed by atoms with Crippen molar-refractivity contribution in [3.05, 3.63) is 95.6 Å². The third-order valence-corrected chi connectivity index (χ3v) is 6.37. The van der Waals surface area contributed by atoms with Crippen LogP contribution in [0.2, 0.25) is 0 Å². The zero-order valence-electron chi connectivity index (χ0n) is 19.0. The molecule has 0 bridgehead atoms. The van der Waals surface area contributed by atoms with Crippen LogP contribution >= 0.6 is 0 Å². The van der Waals surface area contributed by atoms with Gasteiger partial charge in [-0.2, -0.15) is 0 Å². The van der Waals surface area contributed by atoms with Crippen LogP contribution in [-0.2, 0) is 22.6 Å². The number of fused-ring (bicyclic) bond motifs is 1. The highest BCUT2D eigenvalue weighted by atomic mass is 16.5. The summed E-state index contributed by atoms with van der Waals surface area (Å²) in [4.78, 5) is 27.7. The van der Waals surface area contributed by atoms with Gasteiger partial charge >= 0.3 is 0 Å². The highest BCUT2D eigenvalue weighted by Gasteiger charge is 2.29. The molecule has 34 heavy (non-hydrogen) atoms. The van der Waals surface area contributed by atoms with E-state index in [1.54, 1.807) is 24.3 Å². The first kappa shape index (κ1) is 22.2. The van der Waals surface area contributed by atoms with Gasteiger partial charge in [0.25, 0.3) is 11.8 Å². The van der Waals surface area contributed by atoms with Crippen molar-refractivity contribution in [2.75, 3.05) is 18.4 Å². The van der Waals surface area contributed by atoms with E-state index in [0.29, 0.717) is 37.4 Å². The molecule has 0 radical (unpaired) electrons. The Balaban J connectivity index is 1.13. The van der Waals surface area contributed by atoms with Crippen molar-refractivity contribution >= 4 is 17.5 Å². The molecule has 3 aromatic carbocycles. The summed E-state index contributed by atoms with van der Waals surface area (Å²) in [6.45, 7) is 1.91. The van der Waals surface area contributed by atoms with E-state index in [2.05, 4.69) is 17.4 Å². The van der Waals surface area contributed by atoms with Crippen LogP contribution in [0.3, 0.4) is 0 Å². The van der Waals surface area contributed by atoms with Crippen molar-refractivity contribution < 1.29 is 19.1 Å². The Morgan fingerprint density at radius 3 is 2.50 bits per heavy atom. The number of nitrogens with zero attached hydrogens (tertiary/aromatic N) is 1. The largest absolute Gasteiger partial charge is 0.480 e. The zero-order chi connectivity index (χ0) is 23.3. The number of carbonyl (C=O) groups excluding carboxylic acids is 2. The highest BCUT2D eigenvalue weighted by Crippen LogP contribution is 2.29. The lowest BCUT2D eigenvalue weighted by Gasteiger charge is -2.32. The Labute approximate surface area is 199 Å². The summed E-state index contributed by atoms with van der Waals surface area (Å²) < 4.78 is 11.8. The van der Waals surface area contributed by atoms with Crippen molar-refractivity contribution in [1.29, 1.82) is 0 Å². The Morgan fingerprint density at radius 2 is 1.71 bits per heavy atom. The van der Waals surface area contributed by atoms with E-state index in [0.717, 1.165) is 29.7 Å². The molecule has 0 saturated carbocycles. The van der Waals surface area contributed by atoms with Gasteiger partial charge in [-0.3, -0.25) is 9.59 Å². The Morgan fingerprint density at radius 1 is 0.941 bits per heavy atom. The number of hydrogen-bond donors (Lipinski definition) is 1. The van der Waals surface area contributed by atoms with Gasteiger partial charge in [-0.05, 0) is 48.2 Å². The molecule has 6 heteroatoms. The topological polar surface area (TPSA) is 67.9 Å². The lowest BCUT2D eigenvalue weighted by atomic mass is 10.1. The maximum Gasteiger partial charge on any atom is 0.265 e. The Kier molecular flexibility index (Phi) is 6.58. The maximum absolute atomic E-state index is 13.1. The monoisotopic (exact) mass is 456 g/mol. The van der Waals surface area contributed by atoms with E-state index >= 15 is 0 Å². The molecule has 1 atom stereocenters. The van der Waals surface area contributed by atoms with Gasteiger partial charge < -0.3 is 19.7 Å². The van der Waals surface area contributed by atoms with Gasteiger partial charge in [-0.1, -0.05) is 54.6 Å². The molecule has 5 rings (SSSR count). The first-order valence-electron chi connectivity index (χ1n) is 11.8. The average Bonchev–Trinajstić information content (AvgIpc) is 3.33. The highest BCUT2D eigenvalue weighted by molar-refractivity contribution is 5.98. The lowest BCUT2D eigenvalue weighted by Crippen LogP contribution is -2.40. The van der Waals surface area contributed by atoms with Gasteiger partial charge in [0.15, 0.2) is 6.10 Å². The fourth-order valence-electron chi connectivity index (χ4n) is 4.48. The van der Waals surface area contributed by atoms with E-state index in [9.17, 15) is 9.59 Å². The average molecular weight is 457 g/mol. The molecule has 0 aliphatic carbocycles. The molecule has 1 fully saturated rings. The third-order valence-electron chi connectivity index (χ3n) is 6.37. The SMILES string of the molecule is O=C(Nc1cccc(C(=O)N2CCC(OCc3ccccc3)CC2)c1)C1Cc2ccccc2O1. The normalized spacial score (nSPS) is 17.6. The van der Waals surface area contributed by atoms with Crippen LogP contribution in [0.25, 0.3) is 0 Å². The minimum absolute atomic E-state index is 0.0258. The van der Waals surface area contributed by atoms with E-state index in [4.69, 9.17) is 9.47 Å². The predicted octanol–water partition coefficient (Wildman–Crippen LogP) is 4.45.